The fourth-order valence-corrected chi connectivity index (χ4v) is 3.20. The highest BCUT2D eigenvalue weighted by Gasteiger charge is 2.33. The van der Waals surface area contributed by atoms with Crippen molar-refractivity contribution in [1.29, 1.82) is 0 Å². The molecule has 2 atom stereocenters. The number of rotatable bonds is 4. The number of furan rings is 1. The van der Waals surface area contributed by atoms with Crippen LogP contribution in [0.15, 0.2) is 39.1 Å². The van der Waals surface area contributed by atoms with Gasteiger partial charge in [-0.3, -0.25) is 4.99 Å². The van der Waals surface area contributed by atoms with Gasteiger partial charge in [-0.1, -0.05) is 11.6 Å². The Hall–Kier alpha value is -1.61. The second-order valence-electron chi connectivity index (χ2n) is 6.36. The van der Waals surface area contributed by atoms with Crippen LogP contribution in [0.25, 0.3) is 0 Å². The maximum Gasteiger partial charge on any atom is 0.108 e. The van der Waals surface area contributed by atoms with Gasteiger partial charge in [0.15, 0.2) is 0 Å². The van der Waals surface area contributed by atoms with Gasteiger partial charge in [0.05, 0.1) is 19.5 Å². The molecule has 1 aromatic heterocycles. The van der Waals surface area contributed by atoms with Gasteiger partial charge in [0, 0.05) is 35.9 Å². The minimum absolute atomic E-state index is 0.432. The third-order valence-corrected chi connectivity index (χ3v) is 4.34. The van der Waals surface area contributed by atoms with Gasteiger partial charge in [0.25, 0.3) is 0 Å². The van der Waals surface area contributed by atoms with Crippen LogP contribution >= 0.6 is 0 Å². The Labute approximate surface area is 126 Å². The van der Waals surface area contributed by atoms with Crippen molar-refractivity contribution < 1.29 is 9.15 Å². The van der Waals surface area contributed by atoms with Gasteiger partial charge in [0.2, 0.25) is 0 Å². The van der Waals surface area contributed by atoms with E-state index in [4.69, 9.17) is 9.15 Å². The first-order valence-electron chi connectivity index (χ1n) is 7.66. The Bertz CT molecular complexity index is 603. The summed E-state index contributed by atoms with van der Waals surface area (Å²) in [7, 11) is 0. The molecule has 3 nitrogen and oxygen atoms in total. The summed E-state index contributed by atoms with van der Waals surface area (Å²) >= 11 is 0. The molecule has 2 unspecified atom stereocenters. The highest BCUT2D eigenvalue weighted by Crippen LogP contribution is 2.42. The van der Waals surface area contributed by atoms with Crippen LogP contribution in [0.4, 0.5) is 0 Å². The molecule has 1 aromatic rings. The molecule has 2 heterocycles. The van der Waals surface area contributed by atoms with Gasteiger partial charge < -0.3 is 9.15 Å². The number of hydrogen-bond donors (Lipinski definition) is 0. The van der Waals surface area contributed by atoms with Crippen LogP contribution in [-0.2, 0) is 11.2 Å². The van der Waals surface area contributed by atoms with Crippen molar-refractivity contribution in [2.45, 2.75) is 39.5 Å². The third kappa shape index (κ3) is 3.03. The van der Waals surface area contributed by atoms with E-state index in [1.807, 2.05) is 18.7 Å². The maximum atomic E-state index is 5.81. The molecular formula is C18H23NO2. The fraction of sp³-hybridized carbons (Fsp3) is 0.500. The lowest BCUT2D eigenvalue weighted by Crippen LogP contribution is -2.23. The average Bonchev–Trinajstić information content (AvgIpc) is 2.78. The van der Waals surface area contributed by atoms with Gasteiger partial charge in [-0.15, -0.1) is 0 Å². The molecule has 0 bridgehead atoms. The molecule has 1 aliphatic heterocycles. The summed E-state index contributed by atoms with van der Waals surface area (Å²) in [4.78, 5) is 4.37. The number of allylic oxidation sites excluding steroid dienone is 2. The monoisotopic (exact) mass is 285 g/mol. The summed E-state index contributed by atoms with van der Waals surface area (Å²) in [5.74, 6) is 2.08. The van der Waals surface area contributed by atoms with Crippen molar-refractivity contribution in [3.05, 3.63) is 46.6 Å². The van der Waals surface area contributed by atoms with Crippen molar-refractivity contribution in [2.24, 2.45) is 10.9 Å². The zero-order valence-electron chi connectivity index (χ0n) is 13.1. The zero-order chi connectivity index (χ0) is 14.8. The summed E-state index contributed by atoms with van der Waals surface area (Å²) in [6.07, 6.45) is 9.98. The van der Waals surface area contributed by atoms with Crippen molar-refractivity contribution in [1.82, 2.24) is 0 Å². The van der Waals surface area contributed by atoms with E-state index in [-0.39, 0.29) is 0 Å². The molecular weight excluding hydrogens is 262 g/mol. The van der Waals surface area contributed by atoms with E-state index in [2.05, 4.69) is 31.8 Å². The van der Waals surface area contributed by atoms with Gasteiger partial charge in [-0.25, -0.2) is 0 Å². The van der Waals surface area contributed by atoms with E-state index in [1.54, 1.807) is 0 Å². The molecule has 0 N–H and O–H groups in total. The molecule has 0 saturated carbocycles. The van der Waals surface area contributed by atoms with E-state index >= 15 is 0 Å². The molecule has 1 aliphatic carbocycles. The van der Waals surface area contributed by atoms with Crippen molar-refractivity contribution in [3.63, 3.8) is 0 Å². The Morgan fingerprint density at radius 1 is 1.48 bits per heavy atom. The molecule has 112 valence electrons. The molecule has 0 saturated heterocycles. The summed E-state index contributed by atoms with van der Waals surface area (Å²) in [5.41, 5.74) is 5.12. The van der Waals surface area contributed by atoms with Crippen molar-refractivity contribution in [2.75, 3.05) is 13.2 Å². The Balaban J connectivity index is 1.72. The summed E-state index contributed by atoms with van der Waals surface area (Å²) < 4.78 is 11.6. The standard InChI is InChI=1S/C18H23NO2/c1-12(2)4-5-20-10-14-6-16-13(3)8-19-9-15-11-21-17(7-14)18(15)16/h4,8-9,11,14,16H,5-7,10H2,1-3H3. The predicted octanol–water partition coefficient (Wildman–Crippen LogP) is 4.24. The van der Waals surface area contributed by atoms with E-state index in [1.165, 1.54) is 16.7 Å². The molecule has 0 spiro atoms. The first-order chi connectivity index (χ1) is 10.1. The van der Waals surface area contributed by atoms with Crippen LogP contribution in [0.3, 0.4) is 0 Å². The van der Waals surface area contributed by atoms with Crippen LogP contribution < -0.4 is 0 Å². The summed E-state index contributed by atoms with van der Waals surface area (Å²) in [6.45, 7) is 7.86. The molecule has 2 aliphatic rings. The Morgan fingerprint density at radius 2 is 2.33 bits per heavy atom. The molecule has 3 rings (SSSR count). The molecule has 0 amide bonds. The zero-order valence-corrected chi connectivity index (χ0v) is 13.1. The Kier molecular flexibility index (Phi) is 4.11. The van der Waals surface area contributed by atoms with Crippen molar-refractivity contribution in [3.8, 4) is 0 Å². The molecule has 0 radical (unpaired) electrons. The van der Waals surface area contributed by atoms with E-state index in [0.29, 0.717) is 18.4 Å². The van der Waals surface area contributed by atoms with E-state index < -0.39 is 0 Å². The number of nitrogens with zero attached hydrogens (tertiary/aromatic N) is 1. The third-order valence-electron chi connectivity index (χ3n) is 4.34. The lowest BCUT2D eigenvalue weighted by molar-refractivity contribution is 0.110. The average molecular weight is 285 g/mol. The lowest BCUT2D eigenvalue weighted by Gasteiger charge is -2.29. The highest BCUT2D eigenvalue weighted by atomic mass is 16.5. The van der Waals surface area contributed by atoms with Crippen LogP contribution in [0, 0.1) is 5.92 Å². The van der Waals surface area contributed by atoms with Crippen LogP contribution in [-0.4, -0.2) is 19.4 Å². The minimum atomic E-state index is 0.432. The van der Waals surface area contributed by atoms with E-state index in [9.17, 15) is 0 Å². The minimum Gasteiger partial charge on any atom is -0.468 e. The number of ether oxygens (including phenoxy) is 1. The smallest absolute Gasteiger partial charge is 0.108 e. The summed E-state index contributed by atoms with van der Waals surface area (Å²) in [5, 5.41) is 0. The molecule has 0 aromatic carbocycles. The lowest BCUT2D eigenvalue weighted by atomic mass is 9.76. The highest BCUT2D eigenvalue weighted by molar-refractivity contribution is 5.83. The van der Waals surface area contributed by atoms with Crippen LogP contribution in [0.5, 0.6) is 0 Å². The SMILES string of the molecule is CC(C)=CCOCC1Cc2occ3c2C(C1)C(C)=CN=C3. The quantitative estimate of drug-likeness (QED) is 0.612. The van der Waals surface area contributed by atoms with Crippen LogP contribution in [0.2, 0.25) is 0 Å². The van der Waals surface area contributed by atoms with Gasteiger partial charge in [-0.2, -0.15) is 0 Å². The van der Waals surface area contributed by atoms with Gasteiger partial charge in [0.1, 0.15) is 5.76 Å². The first kappa shape index (κ1) is 14.3. The molecule has 21 heavy (non-hydrogen) atoms. The number of hydrogen-bond acceptors (Lipinski definition) is 3. The Morgan fingerprint density at radius 3 is 3.14 bits per heavy atom. The maximum absolute atomic E-state index is 5.81. The molecule has 3 heteroatoms. The van der Waals surface area contributed by atoms with Gasteiger partial charge >= 0.3 is 0 Å². The largest absolute Gasteiger partial charge is 0.468 e. The van der Waals surface area contributed by atoms with E-state index in [0.717, 1.165) is 30.8 Å². The summed E-state index contributed by atoms with van der Waals surface area (Å²) in [6, 6.07) is 0. The number of aliphatic imine (C=N–C) groups is 1. The molecule has 0 fully saturated rings. The fourth-order valence-electron chi connectivity index (χ4n) is 3.20. The second-order valence-corrected chi connectivity index (χ2v) is 6.36. The van der Waals surface area contributed by atoms with Crippen molar-refractivity contribution >= 4 is 6.21 Å². The van der Waals surface area contributed by atoms with Crippen LogP contribution in [0.1, 0.15) is 50.0 Å². The predicted molar refractivity (Wildman–Crippen MR) is 84.9 cm³/mol. The topological polar surface area (TPSA) is 34.7 Å². The second kappa shape index (κ2) is 6.02. The normalized spacial score (nSPS) is 23.3. The van der Waals surface area contributed by atoms with Gasteiger partial charge in [-0.05, 0) is 38.7 Å². The first-order valence-corrected chi connectivity index (χ1v) is 7.66.